The van der Waals surface area contributed by atoms with Gasteiger partial charge in [-0.1, -0.05) is 25.4 Å². The molecule has 0 saturated heterocycles. The van der Waals surface area contributed by atoms with Crippen molar-refractivity contribution in [1.82, 2.24) is 14.7 Å². The van der Waals surface area contributed by atoms with Crippen molar-refractivity contribution in [2.75, 3.05) is 38.1 Å². The summed E-state index contributed by atoms with van der Waals surface area (Å²) in [5.41, 5.74) is 0.150. The molecule has 0 atom stereocenters. The van der Waals surface area contributed by atoms with Gasteiger partial charge in [0, 0.05) is 13.1 Å². The van der Waals surface area contributed by atoms with Gasteiger partial charge in [0.05, 0.1) is 25.0 Å². The molecule has 0 unspecified atom stereocenters. The molecule has 0 aliphatic rings. The Balaban J connectivity index is 2.65. The highest BCUT2D eigenvalue weighted by Gasteiger charge is 2.08. The van der Waals surface area contributed by atoms with Crippen LogP contribution >= 0.6 is 11.6 Å². The van der Waals surface area contributed by atoms with Crippen molar-refractivity contribution in [3.05, 3.63) is 21.6 Å². The molecule has 1 heterocycles. The van der Waals surface area contributed by atoms with E-state index in [1.807, 2.05) is 0 Å². The van der Waals surface area contributed by atoms with E-state index in [4.69, 9.17) is 16.7 Å². The van der Waals surface area contributed by atoms with Crippen molar-refractivity contribution in [3.8, 4) is 0 Å². The number of aromatic nitrogens is 2. The highest BCUT2D eigenvalue weighted by molar-refractivity contribution is 6.32. The van der Waals surface area contributed by atoms with Crippen LogP contribution in [0, 0.1) is 0 Å². The molecule has 0 radical (unpaired) electrons. The molecule has 7 heteroatoms. The predicted molar refractivity (Wildman–Crippen MR) is 76.9 cm³/mol. The number of halogens is 1. The van der Waals surface area contributed by atoms with E-state index < -0.39 is 0 Å². The normalized spacial score (nSPS) is 11.0. The summed E-state index contributed by atoms with van der Waals surface area (Å²) in [4.78, 5) is 14.1. The molecular weight excluding hydrogens is 268 g/mol. The third-order valence-electron chi connectivity index (χ3n) is 2.93. The van der Waals surface area contributed by atoms with Crippen molar-refractivity contribution in [1.29, 1.82) is 0 Å². The van der Waals surface area contributed by atoms with Crippen molar-refractivity contribution < 1.29 is 5.11 Å². The predicted octanol–water partition coefficient (Wildman–Crippen LogP) is 0.643. The largest absolute Gasteiger partial charge is 0.394 e. The van der Waals surface area contributed by atoms with Crippen LogP contribution in [0.5, 0.6) is 0 Å². The molecule has 0 saturated carbocycles. The highest BCUT2D eigenvalue weighted by atomic mass is 35.5. The minimum absolute atomic E-state index is 0.114. The van der Waals surface area contributed by atoms with Gasteiger partial charge in [-0.15, -0.1) is 0 Å². The van der Waals surface area contributed by atoms with Crippen LogP contribution in [-0.2, 0) is 6.54 Å². The standard InChI is InChI=1S/C12H21ClN4O2/c1-3-16(4-2)6-5-14-10-9-15-17(7-8-18)12(19)11(10)13/h9,14,18H,3-8H2,1-2H3. The number of nitrogens with one attached hydrogen (secondary N) is 1. The average Bonchev–Trinajstić information content (AvgIpc) is 2.42. The van der Waals surface area contributed by atoms with E-state index >= 15 is 0 Å². The van der Waals surface area contributed by atoms with E-state index in [2.05, 4.69) is 29.2 Å². The molecule has 0 fully saturated rings. The van der Waals surface area contributed by atoms with Gasteiger partial charge < -0.3 is 15.3 Å². The Morgan fingerprint density at radius 1 is 1.47 bits per heavy atom. The number of aliphatic hydroxyl groups is 1. The smallest absolute Gasteiger partial charge is 0.287 e. The van der Waals surface area contributed by atoms with E-state index in [0.717, 1.165) is 24.3 Å². The van der Waals surface area contributed by atoms with Crippen molar-refractivity contribution in [3.63, 3.8) is 0 Å². The van der Waals surface area contributed by atoms with Gasteiger partial charge in [0.1, 0.15) is 5.02 Å². The van der Waals surface area contributed by atoms with Crippen LogP contribution in [0.1, 0.15) is 13.8 Å². The molecule has 0 spiro atoms. The fourth-order valence-electron chi connectivity index (χ4n) is 1.73. The summed E-state index contributed by atoms with van der Waals surface area (Å²) >= 11 is 5.99. The van der Waals surface area contributed by atoms with Gasteiger partial charge in [0.25, 0.3) is 5.56 Å². The summed E-state index contributed by atoms with van der Waals surface area (Å²) in [6.07, 6.45) is 1.52. The number of nitrogens with zero attached hydrogens (tertiary/aromatic N) is 3. The third kappa shape index (κ3) is 4.49. The lowest BCUT2D eigenvalue weighted by molar-refractivity contribution is 0.266. The monoisotopic (exact) mass is 288 g/mol. The van der Waals surface area contributed by atoms with Gasteiger partial charge in [0.15, 0.2) is 0 Å². The zero-order chi connectivity index (χ0) is 14.3. The lowest BCUT2D eigenvalue weighted by atomic mass is 10.4. The molecule has 0 aliphatic carbocycles. The topological polar surface area (TPSA) is 70.4 Å². The Morgan fingerprint density at radius 2 is 2.16 bits per heavy atom. The summed E-state index contributed by atoms with van der Waals surface area (Å²) in [6.45, 7) is 7.78. The number of anilines is 1. The Bertz CT molecular complexity index is 446. The molecule has 19 heavy (non-hydrogen) atoms. The summed E-state index contributed by atoms with van der Waals surface area (Å²) in [6, 6.07) is 0. The summed E-state index contributed by atoms with van der Waals surface area (Å²) in [5.74, 6) is 0. The molecule has 6 nitrogen and oxygen atoms in total. The SMILES string of the molecule is CCN(CC)CCNc1cnn(CCO)c(=O)c1Cl. The molecule has 2 N–H and O–H groups in total. The fourth-order valence-corrected chi connectivity index (χ4v) is 1.94. The minimum atomic E-state index is -0.386. The average molecular weight is 289 g/mol. The second-order valence-corrected chi connectivity index (χ2v) is 4.46. The van der Waals surface area contributed by atoms with Gasteiger partial charge in [-0.05, 0) is 13.1 Å². The molecule has 108 valence electrons. The Labute approximate surface area is 118 Å². The van der Waals surface area contributed by atoms with Gasteiger partial charge in [-0.3, -0.25) is 4.79 Å². The van der Waals surface area contributed by atoms with Crippen molar-refractivity contribution in [2.24, 2.45) is 0 Å². The molecule has 1 aromatic heterocycles. The molecular formula is C12H21ClN4O2. The zero-order valence-corrected chi connectivity index (χ0v) is 12.2. The van der Waals surface area contributed by atoms with Crippen molar-refractivity contribution >= 4 is 17.3 Å². The number of hydrogen-bond donors (Lipinski definition) is 2. The second kappa shape index (κ2) is 8.14. The molecule has 1 aromatic rings. The van der Waals surface area contributed by atoms with E-state index in [1.165, 1.54) is 6.20 Å². The molecule has 1 rings (SSSR count). The van der Waals surface area contributed by atoms with E-state index in [0.29, 0.717) is 12.2 Å². The second-order valence-electron chi connectivity index (χ2n) is 4.08. The van der Waals surface area contributed by atoms with Crippen molar-refractivity contribution in [2.45, 2.75) is 20.4 Å². The number of rotatable bonds is 8. The zero-order valence-electron chi connectivity index (χ0n) is 11.4. The van der Waals surface area contributed by atoms with Crippen LogP contribution in [0.25, 0.3) is 0 Å². The third-order valence-corrected chi connectivity index (χ3v) is 3.30. The van der Waals surface area contributed by atoms with E-state index in [-0.39, 0.29) is 23.7 Å². The molecule has 0 amide bonds. The van der Waals surface area contributed by atoms with Crippen LogP contribution in [0.3, 0.4) is 0 Å². The first-order chi connectivity index (χ1) is 9.13. The van der Waals surface area contributed by atoms with Crippen LogP contribution in [-0.4, -0.2) is 52.6 Å². The first kappa shape index (κ1) is 15.9. The fraction of sp³-hybridized carbons (Fsp3) is 0.667. The molecule has 0 bridgehead atoms. The Kier molecular flexibility index (Phi) is 6.83. The minimum Gasteiger partial charge on any atom is -0.394 e. The summed E-state index contributed by atoms with van der Waals surface area (Å²) in [7, 11) is 0. The van der Waals surface area contributed by atoms with Crippen LogP contribution < -0.4 is 10.9 Å². The maximum Gasteiger partial charge on any atom is 0.287 e. The van der Waals surface area contributed by atoms with Gasteiger partial charge >= 0.3 is 0 Å². The molecule has 0 aromatic carbocycles. The van der Waals surface area contributed by atoms with E-state index in [9.17, 15) is 4.79 Å². The first-order valence-electron chi connectivity index (χ1n) is 6.46. The quantitative estimate of drug-likeness (QED) is 0.735. The van der Waals surface area contributed by atoms with Gasteiger partial charge in [0.2, 0.25) is 0 Å². The lowest BCUT2D eigenvalue weighted by Crippen LogP contribution is -2.30. The molecule has 0 aliphatic heterocycles. The van der Waals surface area contributed by atoms with Crippen LogP contribution in [0.4, 0.5) is 5.69 Å². The van der Waals surface area contributed by atoms with Gasteiger partial charge in [-0.2, -0.15) is 5.10 Å². The number of hydrogen-bond acceptors (Lipinski definition) is 5. The van der Waals surface area contributed by atoms with Crippen LogP contribution in [0.2, 0.25) is 5.02 Å². The highest BCUT2D eigenvalue weighted by Crippen LogP contribution is 2.14. The summed E-state index contributed by atoms with van der Waals surface area (Å²) in [5, 5.41) is 16.0. The summed E-state index contributed by atoms with van der Waals surface area (Å²) < 4.78 is 1.15. The maximum atomic E-state index is 11.8. The first-order valence-corrected chi connectivity index (χ1v) is 6.84. The number of likely N-dealkylation sites (N-methyl/N-ethyl adjacent to an activating group) is 1. The Morgan fingerprint density at radius 3 is 2.74 bits per heavy atom. The maximum absolute atomic E-state index is 11.8. The lowest BCUT2D eigenvalue weighted by Gasteiger charge is -2.18. The van der Waals surface area contributed by atoms with Gasteiger partial charge in [-0.25, -0.2) is 4.68 Å². The Hall–Kier alpha value is -1.11. The van der Waals surface area contributed by atoms with E-state index in [1.54, 1.807) is 0 Å². The van der Waals surface area contributed by atoms with Crippen LogP contribution in [0.15, 0.2) is 11.0 Å². The number of aliphatic hydroxyl groups excluding tert-OH is 1.